The number of nitrogens with zero attached hydrogens (tertiary/aromatic N) is 1. The van der Waals surface area contributed by atoms with Gasteiger partial charge in [-0.3, -0.25) is 9.59 Å². The first kappa shape index (κ1) is 19.2. The van der Waals surface area contributed by atoms with E-state index in [9.17, 15) is 9.59 Å². The second-order valence-corrected chi connectivity index (χ2v) is 7.61. The van der Waals surface area contributed by atoms with E-state index in [1.54, 1.807) is 48.7 Å². The van der Waals surface area contributed by atoms with Crippen LogP contribution in [0, 0.1) is 6.92 Å². The highest BCUT2D eigenvalue weighted by molar-refractivity contribution is 5.94. The first-order chi connectivity index (χ1) is 16.6. The standard InChI is InChI=1S/C26H29NO5/c1-19-9-14-24(31-15-5-3-4-8-25(28)29)22(17-19)18-27(2)26(30)21-12-10-20(11-13-21)23-7-6-16-32-23/h6-7,9-14,16-17H,3-5,8,15,18H2,1-2H3,(H,28,29)/i2D3. The maximum atomic E-state index is 13.2. The van der Waals surface area contributed by atoms with E-state index in [1.165, 1.54) is 0 Å². The van der Waals surface area contributed by atoms with E-state index in [0.717, 1.165) is 16.0 Å². The summed E-state index contributed by atoms with van der Waals surface area (Å²) in [6.07, 6.45) is 3.63. The first-order valence-corrected chi connectivity index (χ1v) is 10.5. The molecule has 0 radical (unpaired) electrons. The van der Waals surface area contributed by atoms with Crippen LogP contribution in [0.5, 0.6) is 5.75 Å². The Morgan fingerprint density at radius 1 is 1.09 bits per heavy atom. The van der Waals surface area contributed by atoms with Crippen molar-refractivity contribution in [1.82, 2.24) is 4.90 Å². The monoisotopic (exact) mass is 438 g/mol. The van der Waals surface area contributed by atoms with E-state index < -0.39 is 18.9 Å². The summed E-state index contributed by atoms with van der Waals surface area (Å²) >= 11 is 0. The van der Waals surface area contributed by atoms with Gasteiger partial charge in [0.2, 0.25) is 0 Å². The molecule has 0 aliphatic rings. The number of carboxylic acid groups (broad SMARTS) is 1. The molecule has 3 aromatic rings. The summed E-state index contributed by atoms with van der Waals surface area (Å²) in [5.74, 6) is -0.279. The Balaban J connectivity index is 1.74. The lowest BCUT2D eigenvalue weighted by Gasteiger charge is -2.20. The van der Waals surface area contributed by atoms with Gasteiger partial charge in [-0.15, -0.1) is 0 Å². The zero-order chi connectivity index (χ0) is 25.4. The van der Waals surface area contributed by atoms with Gasteiger partial charge in [-0.25, -0.2) is 0 Å². The Hall–Kier alpha value is -3.54. The van der Waals surface area contributed by atoms with E-state index in [0.29, 0.717) is 42.9 Å². The number of unbranched alkanes of at least 4 members (excludes halogenated alkanes) is 2. The molecule has 6 nitrogen and oxygen atoms in total. The molecule has 1 aromatic heterocycles. The van der Waals surface area contributed by atoms with Crippen LogP contribution < -0.4 is 4.74 Å². The predicted octanol–water partition coefficient (Wildman–Crippen LogP) is 5.55. The Bertz CT molecular complexity index is 1120. The molecule has 0 spiro atoms. The topological polar surface area (TPSA) is 80.0 Å². The molecule has 0 fully saturated rings. The average Bonchev–Trinajstić information content (AvgIpc) is 3.34. The van der Waals surface area contributed by atoms with Gasteiger partial charge in [0, 0.05) is 40.7 Å². The lowest BCUT2D eigenvalue weighted by atomic mass is 10.1. The number of amides is 1. The molecule has 1 amide bonds. The van der Waals surface area contributed by atoms with Crippen LogP contribution in [-0.4, -0.2) is 35.5 Å². The molecule has 3 rings (SSSR count). The van der Waals surface area contributed by atoms with Gasteiger partial charge < -0.3 is 19.2 Å². The van der Waals surface area contributed by atoms with E-state index >= 15 is 0 Å². The lowest BCUT2D eigenvalue weighted by molar-refractivity contribution is -0.137. The van der Waals surface area contributed by atoms with Crippen LogP contribution in [0.25, 0.3) is 11.3 Å². The maximum Gasteiger partial charge on any atom is 0.303 e. The van der Waals surface area contributed by atoms with Crippen molar-refractivity contribution in [3.8, 4) is 17.1 Å². The number of hydrogen-bond donors (Lipinski definition) is 1. The summed E-state index contributed by atoms with van der Waals surface area (Å²) < 4.78 is 35.2. The number of benzene rings is 2. The molecule has 0 atom stereocenters. The number of carbonyl (C=O) groups excluding carboxylic acids is 1. The molecule has 6 heteroatoms. The molecule has 1 heterocycles. The number of rotatable bonds is 11. The molecule has 32 heavy (non-hydrogen) atoms. The highest BCUT2D eigenvalue weighted by atomic mass is 16.5. The van der Waals surface area contributed by atoms with Crippen molar-refractivity contribution < 1.29 is 28.0 Å². The van der Waals surface area contributed by atoms with Crippen molar-refractivity contribution >= 4 is 11.9 Å². The number of hydrogen-bond acceptors (Lipinski definition) is 4. The molecule has 0 saturated heterocycles. The van der Waals surface area contributed by atoms with E-state index in [-0.39, 0.29) is 18.5 Å². The van der Waals surface area contributed by atoms with Crippen LogP contribution in [0.1, 0.15) is 51.3 Å². The number of carboxylic acids is 1. The zero-order valence-corrected chi connectivity index (χ0v) is 18.0. The van der Waals surface area contributed by atoms with Gasteiger partial charge in [0.15, 0.2) is 0 Å². The van der Waals surface area contributed by atoms with Crippen molar-refractivity contribution in [2.24, 2.45) is 0 Å². The van der Waals surface area contributed by atoms with Gasteiger partial charge in [0.25, 0.3) is 5.91 Å². The van der Waals surface area contributed by atoms with Gasteiger partial charge in [-0.2, -0.15) is 0 Å². The highest BCUT2D eigenvalue weighted by Gasteiger charge is 2.15. The van der Waals surface area contributed by atoms with Crippen LogP contribution in [0.15, 0.2) is 65.3 Å². The number of aliphatic carboxylic acids is 1. The Labute approximate surface area is 192 Å². The number of ether oxygens (including phenoxy) is 1. The Morgan fingerprint density at radius 3 is 2.59 bits per heavy atom. The normalized spacial score (nSPS) is 12.5. The smallest absolute Gasteiger partial charge is 0.303 e. The first-order valence-electron chi connectivity index (χ1n) is 12.0. The zero-order valence-electron chi connectivity index (χ0n) is 21.0. The summed E-state index contributed by atoms with van der Waals surface area (Å²) in [7, 11) is 0. The second-order valence-electron chi connectivity index (χ2n) is 7.61. The van der Waals surface area contributed by atoms with Gasteiger partial charge in [0.05, 0.1) is 12.9 Å². The minimum absolute atomic E-state index is 0.119. The molecule has 0 aliphatic carbocycles. The van der Waals surface area contributed by atoms with Gasteiger partial charge >= 0.3 is 5.97 Å². The number of furan rings is 1. The molecule has 0 saturated carbocycles. The summed E-state index contributed by atoms with van der Waals surface area (Å²) in [5, 5.41) is 8.73. The molecule has 0 unspecified atom stereocenters. The van der Waals surface area contributed by atoms with Gasteiger partial charge in [-0.1, -0.05) is 29.8 Å². The van der Waals surface area contributed by atoms with Crippen molar-refractivity contribution in [1.29, 1.82) is 0 Å². The molecular formula is C26H29NO5. The quantitative estimate of drug-likeness (QED) is 0.397. The second kappa shape index (κ2) is 11.2. The van der Waals surface area contributed by atoms with Crippen LogP contribution in [0.2, 0.25) is 0 Å². The van der Waals surface area contributed by atoms with E-state index in [2.05, 4.69) is 0 Å². The fourth-order valence-corrected chi connectivity index (χ4v) is 3.33. The average molecular weight is 439 g/mol. The molecule has 2 aromatic carbocycles. The third kappa shape index (κ3) is 6.48. The fourth-order valence-electron chi connectivity index (χ4n) is 3.33. The largest absolute Gasteiger partial charge is 0.493 e. The Kier molecular flexibility index (Phi) is 6.70. The SMILES string of the molecule is [2H]C([2H])([2H])N(Cc1cc(C)ccc1OCCCCCC(=O)O)C(=O)c1ccc(-c2ccco2)cc1. The summed E-state index contributed by atoms with van der Waals surface area (Å²) in [4.78, 5) is 24.7. The third-order valence-corrected chi connectivity index (χ3v) is 5.02. The minimum atomic E-state index is -2.66. The van der Waals surface area contributed by atoms with Crippen molar-refractivity contribution in [3.05, 3.63) is 77.6 Å². The fraction of sp³-hybridized carbons (Fsp3) is 0.308. The summed E-state index contributed by atoms with van der Waals surface area (Å²) in [6.45, 7) is -0.556. The summed E-state index contributed by atoms with van der Waals surface area (Å²) in [5.41, 5.74) is 2.54. The van der Waals surface area contributed by atoms with Crippen LogP contribution in [0.4, 0.5) is 0 Å². The number of aryl methyl sites for hydroxylation is 1. The van der Waals surface area contributed by atoms with Gasteiger partial charge in [0.1, 0.15) is 11.5 Å². The molecular weight excluding hydrogens is 406 g/mol. The van der Waals surface area contributed by atoms with Crippen LogP contribution in [-0.2, 0) is 11.3 Å². The van der Waals surface area contributed by atoms with Crippen molar-refractivity contribution in [3.63, 3.8) is 0 Å². The molecule has 0 bridgehead atoms. The molecule has 168 valence electrons. The maximum absolute atomic E-state index is 13.2. The predicted molar refractivity (Wildman–Crippen MR) is 123 cm³/mol. The van der Waals surface area contributed by atoms with Crippen LogP contribution in [0.3, 0.4) is 0 Å². The summed E-state index contributed by atoms with van der Waals surface area (Å²) in [6, 6.07) is 15.6. The molecule has 1 N–H and O–H groups in total. The van der Waals surface area contributed by atoms with Crippen molar-refractivity contribution in [2.75, 3.05) is 13.6 Å². The van der Waals surface area contributed by atoms with E-state index in [1.807, 2.05) is 19.1 Å². The highest BCUT2D eigenvalue weighted by Crippen LogP contribution is 2.24. The Morgan fingerprint density at radius 2 is 1.91 bits per heavy atom. The molecule has 0 aliphatic heterocycles. The van der Waals surface area contributed by atoms with Crippen LogP contribution >= 0.6 is 0 Å². The van der Waals surface area contributed by atoms with Crippen molar-refractivity contribution in [2.45, 2.75) is 39.2 Å². The van der Waals surface area contributed by atoms with E-state index in [4.69, 9.17) is 18.4 Å². The third-order valence-electron chi connectivity index (χ3n) is 5.02. The number of carbonyl (C=O) groups is 2. The van der Waals surface area contributed by atoms with Gasteiger partial charge in [-0.05, 0) is 56.5 Å². The lowest BCUT2D eigenvalue weighted by Crippen LogP contribution is -2.26. The minimum Gasteiger partial charge on any atom is -0.493 e.